The molecular formula is C9H19N3O. The van der Waals surface area contributed by atoms with Gasteiger partial charge in [-0.05, 0) is 34.0 Å². The zero-order chi connectivity index (χ0) is 10.4. The Balaban J connectivity index is 3.92. The fourth-order valence-electron chi connectivity index (χ4n) is 0.894. The molecule has 0 aliphatic heterocycles. The minimum atomic E-state index is -0.402. The molecule has 0 rings (SSSR count). The van der Waals surface area contributed by atoms with E-state index >= 15 is 0 Å². The van der Waals surface area contributed by atoms with Gasteiger partial charge in [0.05, 0.1) is 0 Å². The lowest BCUT2D eigenvalue weighted by Crippen LogP contribution is -2.26. The van der Waals surface area contributed by atoms with E-state index in [1.807, 2.05) is 19.0 Å². The highest BCUT2D eigenvalue weighted by molar-refractivity contribution is 5.91. The summed E-state index contributed by atoms with van der Waals surface area (Å²) in [6, 6.07) is -0.0881. The first kappa shape index (κ1) is 12.1. The van der Waals surface area contributed by atoms with Crippen molar-refractivity contribution >= 4 is 5.91 Å². The number of hydrogen-bond acceptors (Lipinski definition) is 3. The minimum Gasteiger partial charge on any atom is -0.366 e. The molecule has 0 aromatic carbocycles. The third kappa shape index (κ3) is 6.31. The summed E-state index contributed by atoms with van der Waals surface area (Å²) in [5, 5.41) is 0. The minimum absolute atomic E-state index is 0.0881. The molecule has 13 heavy (non-hydrogen) atoms. The number of carbonyl (C=O) groups is 1. The number of primary amides is 1. The van der Waals surface area contributed by atoms with Gasteiger partial charge < -0.3 is 16.4 Å². The van der Waals surface area contributed by atoms with Crippen molar-refractivity contribution < 1.29 is 4.79 Å². The summed E-state index contributed by atoms with van der Waals surface area (Å²) in [6.45, 7) is 2.58. The molecule has 0 saturated heterocycles. The maximum absolute atomic E-state index is 10.7. The van der Waals surface area contributed by atoms with Crippen LogP contribution in [-0.2, 0) is 4.79 Å². The van der Waals surface area contributed by atoms with E-state index in [4.69, 9.17) is 11.5 Å². The third-order valence-corrected chi connectivity index (χ3v) is 1.76. The van der Waals surface area contributed by atoms with Gasteiger partial charge in [0.1, 0.15) is 0 Å². The van der Waals surface area contributed by atoms with Crippen molar-refractivity contribution in [2.75, 3.05) is 20.6 Å². The van der Waals surface area contributed by atoms with Crippen LogP contribution in [0.5, 0.6) is 0 Å². The van der Waals surface area contributed by atoms with Gasteiger partial charge in [-0.25, -0.2) is 0 Å². The van der Waals surface area contributed by atoms with E-state index in [0.29, 0.717) is 5.57 Å². The standard InChI is InChI=1S/C9H19N3O/c1-7(9(11)13)6-8(10)4-5-12(2)3/h6,8H,4-5,10H2,1-3H3,(H2,11,13)/b7-6-. The van der Waals surface area contributed by atoms with Gasteiger partial charge in [0.15, 0.2) is 0 Å². The monoisotopic (exact) mass is 185 g/mol. The van der Waals surface area contributed by atoms with Crippen LogP contribution in [-0.4, -0.2) is 37.5 Å². The van der Waals surface area contributed by atoms with E-state index in [1.165, 1.54) is 0 Å². The summed E-state index contributed by atoms with van der Waals surface area (Å²) in [6.07, 6.45) is 2.55. The van der Waals surface area contributed by atoms with Gasteiger partial charge in [0, 0.05) is 11.6 Å². The van der Waals surface area contributed by atoms with Crippen LogP contribution in [0, 0.1) is 0 Å². The maximum Gasteiger partial charge on any atom is 0.244 e. The number of amides is 1. The zero-order valence-corrected chi connectivity index (χ0v) is 8.58. The Kier molecular flexibility index (Phi) is 5.34. The Morgan fingerprint density at radius 3 is 2.46 bits per heavy atom. The number of hydrogen-bond donors (Lipinski definition) is 2. The van der Waals surface area contributed by atoms with Gasteiger partial charge >= 0.3 is 0 Å². The quantitative estimate of drug-likeness (QED) is 0.577. The third-order valence-electron chi connectivity index (χ3n) is 1.76. The van der Waals surface area contributed by atoms with Crippen LogP contribution in [0.4, 0.5) is 0 Å². The summed E-state index contributed by atoms with van der Waals surface area (Å²) >= 11 is 0. The summed E-state index contributed by atoms with van der Waals surface area (Å²) < 4.78 is 0. The number of carbonyl (C=O) groups excluding carboxylic acids is 1. The van der Waals surface area contributed by atoms with Gasteiger partial charge in [-0.3, -0.25) is 4.79 Å². The molecule has 0 aliphatic rings. The zero-order valence-electron chi connectivity index (χ0n) is 8.58. The molecule has 0 heterocycles. The predicted octanol–water partition coefficient (Wildman–Crippen LogP) is -0.303. The molecule has 0 radical (unpaired) electrons. The molecule has 0 spiro atoms. The van der Waals surface area contributed by atoms with E-state index in [0.717, 1.165) is 13.0 Å². The summed E-state index contributed by atoms with van der Waals surface area (Å²) in [7, 11) is 3.97. The first-order chi connectivity index (χ1) is 5.93. The molecule has 4 N–H and O–H groups in total. The smallest absolute Gasteiger partial charge is 0.244 e. The molecule has 1 atom stereocenters. The number of rotatable bonds is 5. The summed E-state index contributed by atoms with van der Waals surface area (Å²) in [5.74, 6) is -0.402. The van der Waals surface area contributed by atoms with Crippen molar-refractivity contribution in [3.05, 3.63) is 11.6 Å². The van der Waals surface area contributed by atoms with Gasteiger partial charge in [0.25, 0.3) is 0 Å². The number of nitrogens with two attached hydrogens (primary N) is 2. The van der Waals surface area contributed by atoms with Gasteiger partial charge in [0.2, 0.25) is 5.91 Å². The van der Waals surface area contributed by atoms with Crippen LogP contribution in [0.25, 0.3) is 0 Å². The van der Waals surface area contributed by atoms with E-state index in [-0.39, 0.29) is 6.04 Å². The van der Waals surface area contributed by atoms with Gasteiger partial charge in [-0.15, -0.1) is 0 Å². The lowest BCUT2D eigenvalue weighted by Gasteiger charge is -2.12. The Morgan fingerprint density at radius 1 is 1.54 bits per heavy atom. The van der Waals surface area contributed by atoms with Crippen molar-refractivity contribution in [2.45, 2.75) is 19.4 Å². The molecule has 0 fully saturated rings. The lowest BCUT2D eigenvalue weighted by atomic mass is 10.1. The molecule has 1 unspecified atom stereocenters. The Bertz CT molecular complexity index is 199. The van der Waals surface area contributed by atoms with Crippen molar-refractivity contribution in [3.8, 4) is 0 Å². The molecule has 1 amide bonds. The fraction of sp³-hybridized carbons (Fsp3) is 0.667. The predicted molar refractivity (Wildman–Crippen MR) is 54.1 cm³/mol. The average molecular weight is 185 g/mol. The summed E-state index contributed by atoms with van der Waals surface area (Å²) in [5.41, 5.74) is 11.4. The molecule has 76 valence electrons. The highest BCUT2D eigenvalue weighted by atomic mass is 16.1. The van der Waals surface area contributed by atoms with Crippen LogP contribution in [0.2, 0.25) is 0 Å². The van der Waals surface area contributed by atoms with E-state index in [9.17, 15) is 4.79 Å². The van der Waals surface area contributed by atoms with Crippen LogP contribution < -0.4 is 11.5 Å². The lowest BCUT2D eigenvalue weighted by molar-refractivity contribution is -0.114. The average Bonchev–Trinajstić information content (AvgIpc) is 2.00. The normalized spacial score (nSPS) is 14.7. The first-order valence-corrected chi connectivity index (χ1v) is 4.32. The van der Waals surface area contributed by atoms with Gasteiger partial charge in [-0.2, -0.15) is 0 Å². The molecule has 0 saturated carbocycles. The molecule has 0 aromatic heterocycles. The van der Waals surface area contributed by atoms with Crippen LogP contribution in [0.1, 0.15) is 13.3 Å². The highest BCUT2D eigenvalue weighted by Gasteiger charge is 2.03. The second-order valence-corrected chi connectivity index (χ2v) is 3.47. The molecule has 4 nitrogen and oxygen atoms in total. The second kappa shape index (κ2) is 5.72. The molecule has 0 aromatic rings. The Labute approximate surface area is 79.6 Å². The van der Waals surface area contributed by atoms with Crippen molar-refractivity contribution in [3.63, 3.8) is 0 Å². The van der Waals surface area contributed by atoms with Gasteiger partial charge in [-0.1, -0.05) is 6.08 Å². The maximum atomic E-state index is 10.7. The van der Waals surface area contributed by atoms with E-state index in [2.05, 4.69) is 0 Å². The summed E-state index contributed by atoms with van der Waals surface area (Å²) in [4.78, 5) is 12.7. The topological polar surface area (TPSA) is 72.3 Å². The number of nitrogens with zero attached hydrogens (tertiary/aromatic N) is 1. The van der Waals surface area contributed by atoms with E-state index in [1.54, 1.807) is 13.0 Å². The van der Waals surface area contributed by atoms with Crippen LogP contribution in [0.15, 0.2) is 11.6 Å². The molecule has 0 aliphatic carbocycles. The Morgan fingerprint density at radius 2 is 2.08 bits per heavy atom. The SMILES string of the molecule is C/C(=C/C(N)CCN(C)C)C(N)=O. The van der Waals surface area contributed by atoms with E-state index < -0.39 is 5.91 Å². The molecule has 0 bridgehead atoms. The van der Waals surface area contributed by atoms with Crippen molar-refractivity contribution in [1.82, 2.24) is 4.90 Å². The van der Waals surface area contributed by atoms with Crippen molar-refractivity contribution in [2.24, 2.45) is 11.5 Å². The second-order valence-electron chi connectivity index (χ2n) is 3.47. The fourth-order valence-corrected chi connectivity index (χ4v) is 0.894. The molecule has 4 heteroatoms. The Hall–Kier alpha value is -0.870. The van der Waals surface area contributed by atoms with Crippen LogP contribution >= 0.6 is 0 Å². The van der Waals surface area contributed by atoms with Crippen molar-refractivity contribution in [1.29, 1.82) is 0 Å². The van der Waals surface area contributed by atoms with Crippen LogP contribution in [0.3, 0.4) is 0 Å². The largest absolute Gasteiger partial charge is 0.366 e. The highest BCUT2D eigenvalue weighted by Crippen LogP contribution is 1.97. The molecular weight excluding hydrogens is 166 g/mol. The first-order valence-electron chi connectivity index (χ1n) is 4.32.